The molecule has 0 aliphatic heterocycles. The van der Waals surface area contributed by atoms with Crippen LogP contribution in [0, 0.1) is 11.8 Å². The van der Waals surface area contributed by atoms with Crippen LogP contribution in [0.15, 0.2) is 0 Å². The van der Waals surface area contributed by atoms with Gasteiger partial charge in [0.05, 0.1) is 11.2 Å². The molecular weight excluding hydrogens is 376 g/mol. The molecule has 2 aliphatic rings. The van der Waals surface area contributed by atoms with Crippen molar-refractivity contribution in [3.8, 4) is 0 Å². The van der Waals surface area contributed by atoms with Crippen LogP contribution in [0.3, 0.4) is 0 Å². The molecule has 0 bridgehead atoms. The van der Waals surface area contributed by atoms with Crippen molar-refractivity contribution in [3.63, 3.8) is 0 Å². The van der Waals surface area contributed by atoms with E-state index in [4.69, 9.17) is 0 Å². The minimum Gasteiger partial charge on any atom is -1.00 e. The molecule has 2 aliphatic carbocycles. The summed E-state index contributed by atoms with van der Waals surface area (Å²) in [6.45, 7) is 3.57. The summed E-state index contributed by atoms with van der Waals surface area (Å²) in [7, 11) is 0. The van der Waals surface area contributed by atoms with Gasteiger partial charge in [-0.1, -0.05) is 52.4 Å². The van der Waals surface area contributed by atoms with Crippen molar-refractivity contribution in [2.24, 2.45) is 11.8 Å². The number of carbonyl (C=O) groups excluding carboxylic acids is 2. The molecule has 2 fully saturated rings. The zero-order valence-electron chi connectivity index (χ0n) is 18.9. The van der Waals surface area contributed by atoms with E-state index >= 15 is 0 Å². The van der Waals surface area contributed by atoms with Gasteiger partial charge in [0.15, 0.2) is 0 Å². The Balaban J connectivity index is -0.000000422. The molecule has 0 spiro atoms. The molecule has 6 nitrogen and oxygen atoms in total. The summed E-state index contributed by atoms with van der Waals surface area (Å²) in [4.78, 5) is 21.5. The summed E-state index contributed by atoms with van der Waals surface area (Å²) in [5, 5.41) is 41.7. The maximum atomic E-state index is 10.8. The molecule has 27 heavy (non-hydrogen) atoms. The normalized spacial score (nSPS) is 23.0. The Morgan fingerprint density at radius 3 is 1.22 bits per heavy atom. The first-order valence-corrected chi connectivity index (χ1v) is 10.1. The third-order valence-corrected chi connectivity index (χ3v) is 6.12. The molecule has 2 atom stereocenters. The Hall–Kier alpha value is 0.120. The zero-order chi connectivity index (χ0) is 19.8. The molecule has 2 unspecified atom stereocenters. The van der Waals surface area contributed by atoms with E-state index in [1.807, 2.05) is 0 Å². The van der Waals surface area contributed by atoms with Gasteiger partial charge in [0.2, 0.25) is 0 Å². The second-order valence-corrected chi connectivity index (χ2v) is 7.89. The van der Waals surface area contributed by atoms with Crippen molar-refractivity contribution in [2.45, 2.75) is 102 Å². The second kappa shape index (κ2) is 12.6. The fourth-order valence-electron chi connectivity index (χ4n) is 4.56. The van der Waals surface area contributed by atoms with Crippen LogP contribution in [0.25, 0.3) is 0 Å². The van der Waals surface area contributed by atoms with Crippen molar-refractivity contribution < 1.29 is 32.9 Å². The average Bonchev–Trinajstić information content (AvgIpc) is 2.56. The Morgan fingerprint density at radius 2 is 1.04 bits per heavy atom. The number of aliphatic carboxylic acids is 2. The molecular formula is C20H36CaO6-2. The van der Waals surface area contributed by atoms with E-state index in [0.29, 0.717) is 38.5 Å². The van der Waals surface area contributed by atoms with Crippen LogP contribution >= 0.6 is 0 Å². The van der Waals surface area contributed by atoms with Gasteiger partial charge in [-0.25, -0.2) is 0 Å². The molecule has 0 heterocycles. The van der Waals surface area contributed by atoms with Crippen LogP contribution in [-0.2, 0) is 9.59 Å². The maximum Gasteiger partial charge on any atom is 2.00 e. The predicted molar refractivity (Wildman–Crippen MR) is 102 cm³/mol. The SMILES string of the molecule is CCC(C(=O)[O-])C1(O)CCCCC1.CCC(C(=O)[O-])C1(O)CCCCC1.[Ca+2].[H-].[H-]. The molecule has 0 aromatic carbocycles. The Bertz CT molecular complexity index is 424. The van der Waals surface area contributed by atoms with Gasteiger partial charge in [-0.15, -0.1) is 0 Å². The van der Waals surface area contributed by atoms with Crippen molar-refractivity contribution in [2.75, 3.05) is 0 Å². The largest absolute Gasteiger partial charge is 2.00 e. The van der Waals surface area contributed by atoms with Crippen molar-refractivity contribution >= 4 is 49.7 Å². The molecule has 0 amide bonds. The molecule has 7 heteroatoms. The van der Waals surface area contributed by atoms with Crippen molar-refractivity contribution in [3.05, 3.63) is 0 Å². The molecule has 0 saturated heterocycles. The van der Waals surface area contributed by atoms with Gasteiger partial charge in [0.25, 0.3) is 0 Å². The second-order valence-electron chi connectivity index (χ2n) is 7.89. The van der Waals surface area contributed by atoms with Crippen LogP contribution in [0.2, 0.25) is 0 Å². The molecule has 156 valence electrons. The van der Waals surface area contributed by atoms with E-state index in [-0.39, 0.29) is 40.6 Å². The summed E-state index contributed by atoms with van der Waals surface area (Å²) in [5.41, 5.74) is -1.99. The summed E-state index contributed by atoms with van der Waals surface area (Å²) in [5.74, 6) is -3.58. The molecule has 2 saturated carbocycles. The van der Waals surface area contributed by atoms with Crippen LogP contribution < -0.4 is 10.2 Å². The third-order valence-electron chi connectivity index (χ3n) is 6.12. The zero-order valence-corrected chi connectivity index (χ0v) is 19.1. The maximum absolute atomic E-state index is 10.8. The molecule has 2 rings (SSSR count). The van der Waals surface area contributed by atoms with E-state index in [0.717, 1.165) is 38.5 Å². The van der Waals surface area contributed by atoms with E-state index in [2.05, 4.69) is 0 Å². The molecule has 0 aromatic heterocycles. The van der Waals surface area contributed by atoms with Crippen LogP contribution in [0.4, 0.5) is 0 Å². The first-order valence-electron chi connectivity index (χ1n) is 10.1. The Kier molecular flexibility index (Phi) is 12.7. The van der Waals surface area contributed by atoms with Crippen LogP contribution in [0.5, 0.6) is 0 Å². The fourth-order valence-corrected chi connectivity index (χ4v) is 4.56. The van der Waals surface area contributed by atoms with E-state index in [1.165, 1.54) is 0 Å². The number of hydrogen-bond donors (Lipinski definition) is 2. The van der Waals surface area contributed by atoms with Gasteiger partial charge in [0, 0.05) is 23.8 Å². The van der Waals surface area contributed by atoms with Crippen LogP contribution in [0.1, 0.15) is 93.8 Å². The summed E-state index contributed by atoms with van der Waals surface area (Å²) < 4.78 is 0. The Morgan fingerprint density at radius 1 is 0.778 bits per heavy atom. The number of hydrogen-bond acceptors (Lipinski definition) is 6. The molecule has 0 aromatic rings. The van der Waals surface area contributed by atoms with Gasteiger partial charge in [-0.2, -0.15) is 0 Å². The van der Waals surface area contributed by atoms with Crippen molar-refractivity contribution in [1.29, 1.82) is 0 Å². The fraction of sp³-hybridized carbons (Fsp3) is 0.900. The predicted octanol–water partition coefficient (Wildman–Crippen LogP) is 0.760. The van der Waals surface area contributed by atoms with E-state index in [9.17, 15) is 30.0 Å². The standard InChI is InChI=1S/2C10H18O3.Ca.2H/c2*1-2-8(9(11)12)10(13)6-4-3-5-7-10;;;/h2*8,13H,2-7H2,1H3,(H,11,12);;;/q;;+2;2*-1/p-2. The smallest absolute Gasteiger partial charge is 1.00 e. The number of carboxylic acid groups (broad SMARTS) is 2. The summed E-state index contributed by atoms with van der Waals surface area (Å²) in [6.07, 6.45) is 9.29. The first-order chi connectivity index (χ1) is 12.2. The third kappa shape index (κ3) is 7.81. The van der Waals surface area contributed by atoms with E-state index in [1.54, 1.807) is 13.8 Å². The number of aliphatic hydroxyl groups is 2. The Labute approximate surface area is 195 Å². The minimum atomic E-state index is -1.10. The number of rotatable bonds is 6. The monoisotopic (exact) mass is 412 g/mol. The first kappa shape index (κ1) is 27.1. The average molecular weight is 413 g/mol. The molecule has 0 radical (unpaired) electrons. The van der Waals surface area contributed by atoms with Crippen molar-refractivity contribution in [1.82, 2.24) is 0 Å². The minimum absolute atomic E-state index is 0. The van der Waals surface area contributed by atoms with Gasteiger partial charge in [-0.05, 0) is 38.5 Å². The summed E-state index contributed by atoms with van der Waals surface area (Å²) in [6, 6.07) is 0. The van der Waals surface area contributed by atoms with E-state index < -0.39 is 35.0 Å². The summed E-state index contributed by atoms with van der Waals surface area (Å²) >= 11 is 0. The van der Waals surface area contributed by atoms with Gasteiger partial charge in [0.1, 0.15) is 0 Å². The topological polar surface area (TPSA) is 121 Å². The van der Waals surface area contributed by atoms with Gasteiger partial charge < -0.3 is 32.9 Å². The van der Waals surface area contributed by atoms with Gasteiger partial charge >= 0.3 is 37.7 Å². The quantitative estimate of drug-likeness (QED) is 0.621. The van der Waals surface area contributed by atoms with Gasteiger partial charge in [-0.3, -0.25) is 0 Å². The number of carbonyl (C=O) groups is 2. The number of carboxylic acids is 2. The van der Waals surface area contributed by atoms with Crippen LogP contribution in [-0.4, -0.2) is 71.1 Å². The molecule has 2 N–H and O–H groups in total.